The molecule has 3 heterocycles. The average molecular weight is 324 g/mol. The van der Waals surface area contributed by atoms with Crippen molar-refractivity contribution < 1.29 is 8.83 Å². The van der Waals surface area contributed by atoms with Crippen molar-refractivity contribution in [3.05, 3.63) is 72.8 Å². The van der Waals surface area contributed by atoms with Crippen LogP contribution in [0.15, 0.2) is 81.6 Å². The van der Waals surface area contributed by atoms with E-state index < -0.39 is 0 Å². The smallest absolute Gasteiger partial charge is 0.310 e. The maximum absolute atomic E-state index is 6.18. The lowest BCUT2D eigenvalue weighted by atomic mass is 10.1. The third-order valence-corrected chi connectivity index (χ3v) is 4.67. The minimum Gasteiger partial charge on any atom is -0.439 e. The lowest BCUT2D eigenvalue weighted by molar-refractivity contribution is 0.556. The fourth-order valence-electron chi connectivity index (χ4n) is 3.59. The van der Waals surface area contributed by atoms with Gasteiger partial charge in [0, 0.05) is 10.8 Å². The maximum Gasteiger partial charge on any atom is 0.310 e. The molecule has 0 saturated carbocycles. The Hall–Kier alpha value is -3.53. The van der Waals surface area contributed by atoms with Gasteiger partial charge in [-0.2, -0.15) is 4.98 Å². The van der Waals surface area contributed by atoms with Gasteiger partial charge in [-0.15, -0.1) is 0 Å². The number of oxazole rings is 1. The van der Waals surface area contributed by atoms with E-state index in [2.05, 4.69) is 23.2 Å². The third kappa shape index (κ3) is 1.63. The predicted octanol–water partition coefficient (Wildman–Crippen LogP) is 5.67. The molecule has 0 unspecified atom stereocenters. The van der Waals surface area contributed by atoms with Gasteiger partial charge in [-0.05, 0) is 24.3 Å². The zero-order chi connectivity index (χ0) is 16.4. The SMILES string of the molecule is c1ccc2oc(-n3c4ccccc4c4c5ccccc5oc43)nc2c1. The molecule has 118 valence electrons. The van der Waals surface area contributed by atoms with Crippen molar-refractivity contribution in [1.29, 1.82) is 0 Å². The number of aromatic nitrogens is 2. The standard InChI is InChI=1S/C21H12N2O2/c1-4-10-16-13(7-1)19-14-8-2-5-11-17(14)24-20(19)23(16)21-22-15-9-3-6-12-18(15)25-21/h1-12H. The van der Waals surface area contributed by atoms with Crippen LogP contribution in [-0.2, 0) is 0 Å². The number of para-hydroxylation sites is 4. The fraction of sp³-hybridized carbons (Fsp3) is 0. The topological polar surface area (TPSA) is 44.1 Å². The normalized spacial score (nSPS) is 12.0. The molecule has 0 fully saturated rings. The first kappa shape index (κ1) is 12.8. The molecule has 0 aliphatic rings. The summed E-state index contributed by atoms with van der Waals surface area (Å²) >= 11 is 0. The molecule has 0 saturated heterocycles. The first-order chi connectivity index (χ1) is 12.4. The molecular formula is C21H12N2O2. The highest BCUT2D eigenvalue weighted by Crippen LogP contribution is 2.38. The van der Waals surface area contributed by atoms with E-state index in [1.165, 1.54) is 0 Å². The van der Waals surface area contributed by atoms with Crippen LogP contribution in [0.1, 0.15) is 0 Å². The van der Waals surface area contributed by atoms with Crippen LogP contribution in [0.25, 0.3) is 50.1 Å². The van der Waals surface area contributed by atoms with Crippen molar-refractivity contribution in [2.24, 2.45) is 0 Å². The number of benzene rings is 3. The van der Waals surface area contributed by atoms with Gasteiger partial charge in [-0.25, -0.2) is 4.57 Å². The van der Waals surface area contributed by atoms with Crippen LogP contribution in [0.5, 0.6) is 0 Å². The summed E-state index contributed by atoms with van der Waals surface area (Å²) in [7, 11) is 0. The van der Waals surface area contributed by atoms with E-state index >= 15 is 0 Å². The Morgan fingerprint density at radius 2 is 1.40 bits per heavy atom. The summed E-state index contributed by atoms with van der Waals surface area (Å²) in [4.78, 5) is 4.66. The molecule has 0 aliphatic heterocycles. The van der Waals surface area contributed by atoms with Crippen molar-refractivity contribution in [1.82, 2.24) is 9.55 Å². The van der Waals surface area contributed by atoms with Gasteiger partial charge in [-0.1, -0.05) is 48.5 Å². The summed E-state index contributed by atoms with van der Waals surface area (Å²) < 4.78 is 14.2. The second kappa shape index (κ2) is 4.51. The lowest BCUT2D eigenvalue weighted by Crippen LogP contribution is -1.92. The summed E-state index contributed by atoms with van der Waals surface area (Å²) in [5.41, 5.74) is 4.24. The van der Waals surface area contributed by atoms with Crippen molar-refractivity contribution in [3.63, 3.8) is 0 Å². The number of hydrogen-bond acceptors (Lipinski definition) is 3. The molecule has 0 aliphatic carbocycles. The molecule has 25 heavy (non-hydrogen) atoms. The Morgan fingerprint density at radius 1 is 0.680 bits per heavy atom. The molecule has 0 spiro atoms. The lowest BCUT2D eigenvalue weighted by Gasteiger charge is -1.99. The second-order valence-corrected chi connectivity index (χ2v) is 6.10. The Balaban J connectivity index is 1.83. The van der Waals surface area contributed by atoms with Crippen molar-refractivity contribution >= 4 is 44.1 Å². The quantitative estimate of drug-likeness (QED) is 0.391. The maximum atomic E-state index is 6.18. The van der Waals surface area contributed by atoms with Gasteiger partial charge in [0.05, 0.1) is 10.9 Å². The molecule has 0 N–H and O–H groups in total. The van der Waals surface area contributed by atoms with E-state index in [1.807, 2.05) is 59.2 Å². The van der Waals surface area contributed by atoms with E-state index in [0.717, 1.165) is 44.1 Å². The first-order valence-electron chi connectivity index (χ1n) is 8.17. The van der Waals surface area contributed by atoms with Gasteiger partial charge < -0.3 is 8.83 Å². The molecular weight excluding hydrogens is 312 g/mol. The summed E-state index contributed by atoms with van der Waals surface area (Å²) in [6, 6.07) is 24.6. The van der Waals surface area contributed by atoms with Gasteiger partial charge in [-0.3, -0.25) is 0 Å². The van der Waals surface area contributed by atoms with Gasteiger partial charge in [0.25, 0.3) is 0 Å². The molecule has 0 atom stereocenters. The summed E-state index contributed by atoms with van der Waals surface area (Å²) in [6.07, 6.45) is 0. The molecule has 0 bridgehead atoms. The van der Waals surface area contributed by atoms with Crippen LogP contribution in [0, 0.1) is 0 Å². The number of hydrogen-bond donors (Lipinski definition) is 0. The first-order valence-corrected chi connectivity index (χ1v) is 8.17. The van der Waals surface area contributed by atoms with E-state index in [4.69, 9.17) is 8.83 Å². The minimum absolute atomic E-state index is 0.520. The number of nitrogens with zero attached hydrogens (tertiary/aromatic N) is 2. The molecule has 4 heteroatoms. The highest BCUT2D eigenvalue weighted by Gasteiger charge is 2.21. The van der Waals surface area contributed by atoms with Crippen LogP contribution in [0.4, 0.5) is 0 Å². The van der Waals surface area contributed by atoms with Gasteiger partial charge in [0.15, 0.2) is 5.58 Å². The van der Waals surface area contributed by atoms with Gasteiger partial charge in [0.2, 0.25) is 5.71 Å². The molecule has 3 aromatic heterocycles. The third-order valence-electron chi connectivity index (χ3n) is 4.67. The summed E-state index contributed by atoms with van der Waals surface area (Å²) in [5, 5.41) is 3.32. The number of fused-ring (bicyclic) bond motifs is 6. The Morgan fingerprint density at radius 3 is 2.28 bits per heavy atom. The fourth-order valence-corrected chi connectivity index (χ4v) is 3.59. The monoisotopic (exact) mass is 324 g/mol. The van der Waals surface area contributed by atoms with Crippen LogP contribution in [0.3, 0.4) is 0 Å². The van der Waals surface area contributed by atoms with E-state index in [0.29, 0.717) is 6.01 Å². The Bertz CT molecular complexity index is 1370. The molecule has 0 amide bonds. The van der Waals surface area contributed by atoms with Gasteiger partial charge in [0.1, 0.15) is 11.1 Å². The minimum atomic E-state index is 0.520. The van der Waals surface area contributed by atoms with E-state index in [-0.39, 0.29) is 0 Å². The second-order valence-electron chi connectivity index (χ2n) is 6.10. The number of furan rings is 1. The predicted molar refractivity (Wildman–Crippen MR) is 98.1 cm³/mol. The highest BCUT2D eigenvalue weighted by atomic mass is 16.4. The van der Waals surface area contributed by atoms with E-state index in [1.54, 1.807) is 0 Å². The molecule has 6 rings (SSSR count). The van der Waals surface area contributed by atoms with Crippen LogP contribution in [0.2, 0.25) is 0 Å². The zero-order valence-electron chi connectivity index (χ0n) is 13.1. The van der Waals surface area contributed by atoms with Crippen molar-refractivity contribution in [2.45, 2.75) is 0 Å². The van der Waals surface area contributed by atoms with Crippen molar-refractivity contribution in [3.8, 4) is 6.01 Å². The van der Waals surface area contributed by atoms with Crippen LogP contribution >= 0.6 is 0 Å². The zero-order valence-corrected chi connectivity index (χ0v) is 13.1. The average Bonchev–Trinajstić information content (AvgIpc) is 3.31. The molecule has 3 aromatic carbocycles. The van der Waals surface area contributed by atoms with Crippen molar-refractivity contribution in [2.75, 3.05) is 0 Å². The molecule has 4 nitrogen and oxygen atoms in total. The molecule has 6 aromatic rings. The Kier molecular flexibility index (Phi) is 2.32. The summed E-state index contributed by atoms with van der Waals surface area (Å²) in [5.74, 6) is 0. The summed E-state index contributed by atoms with van der Waals surface area (Å²) in [6.45, 7) is 0. The van der Waals surface area contributed by atoms with Crippen LogP contribution in [-0.4, -0.2) is 9.55 Å². The molecule has 0 radical (unpaired) electrons. The number of rotatable bonds is 1. The van der Waals surface area contributed by atoms with Gasteiger partial charge >= 0.3 is 6.01 Å². The van der Waals surface area contributed by atoms with Crippen LogP contribution < -0.4 is 0 Å². The highest BCUT2D eigenvalue weighted by molar-refractivity contribution is 6.19. The largest absolute Gasteiger partial charge is 0.439 e. The Labute approximate surface area is 141 Å². The van der Waals surface area contributed by atoms with E-state index in [9.17, 15) is 0 Å².